The normalized spacial score (nSPS) is 10.4. The summed E-state index contributed by atoms with van der Waals surface area (Å²) in [6.45, 7) is 5.44. The van der Waals surface area contributed by atoms with E-state index < -0.39 is 5.82 Å². The average molecular weight is 363 g/mol. The molecule has 132 valence electrons. The molecule has 2 rings (SSSR count). The molecule has 4 nitrogen and oxygen atoms in total. The van der Waals surface area contributed by atoms with Gasteiger partial charge in [0.2, 0.25) is 5.91 Å². The Balaban J connectivity index is 2.10. The minimum atomic E-state index is -0.444. The Bertz CT molecular complexity index is 808. The minimum absolute atomic E-state index is 0.128. The van der Waals surface area contributed by atoms with E-state index in [1.807, 2.05) is 6.92 Å². The van der Waals surface area contributed by atoms with E-state index in [1.54, 1.807) is 44.2 Å². The van der Waals surface area contributed by atoms with Crippen LogP contribution in [-0.4, -0.2) is 29.8 Å². The number of nitrogens with one attached hydrogen (secondary N) is 1. The van der Waals surface area contributed by atoms with Crippen LogP contribution < -0.4 is 5.32 Å². The first-order chi connectivity index (χ1) is 11.8. The molecule has 1 N–H and O–H groups in total. The molecule has 0 unspecified atom stereocenters. The molecule has 0 aromatic heterocycles. The van der Waals surface area contributed by atoms with Crippen molar-refractivity contribution in [3.8, 4) is 0 Å². The van der Waals surface area contributed by atoms with E-state index in [2.05, 4.69) is 5.32 Å². The first kappa shape index (κ1) is 18.9. The fourth-order valence-corrected chi connectivity index (χ4v) is 2.50. The van der Waals surface area contributed by atoms with E-state index in [-0.39, 0.29) is 23.9 Å². The average Bonchev–Trinajstić information content (AvgIpc) is 2.58. The molecule has 0 saturated heterocycles. The number of halogens is 2. The van der Waals surface area contributed by atoms with E-state index in [1.165, 1.54) is 11.0 Å². The van der Waals surface area contributed by atoms with E-state index in [4.69, 9.17) is 11.6 Å². The summed E-state index contributed by atoms with van der Waals surface area (Å²) < 4.78 is 13.7. The van der Waals surface area contributed by atoms with Crippen molar-refractivity contribution < 1.29 is 14.0 Å². The lowest BCUT2D eigenvalue weighted by molar-refractivity contribution is -0.116. The van der Waals surface area contributed by atoms with Gasteiger partial charge in [-0.1, -0.05) is 23.7 Å². The Hall–Kier alpha value is -2.40. The van der Waals surface area contributed by atoms with Gasteiger partial charge in [-0.05, 0) is 56.2 Å². The van der Waals surface area contributed by atoms with Crippen LogP contribution in [0.15, 0.2) is 36.4 Å². The molecule has 25 heavy (non-hydrogen) atoms. The molecule has 2 aromatic carbocycles. The molecule has 6 heteroatoms. The zero-order valence-electron chi connectivity index (χ0n) is 14.4. The van der Waals surface area contributed by atoms with Crippen LogP contribution in [0.1, 0.15) is 28.4 Å². The van der Waals surface area contributed by atoms with Crippen molar-refractivity contribution in [2.24, 2.45) is 0 Å². The first-order valence-electron chi connectivity index (χ1n) is 7.93. The second-order valence-electron chi connectivity index (χ2n) is 5.79. The van der Waals surface area contributed by atoms with Crippen molar-refractivity contribution in [1.82, 2.24) is 4.90 Å². The Labute approximate surface area is 151 Å². The van der Waals surface area contributed by atoms with Crippen molar-refractivity contribution in [2.75, 3.05) is 18.4 Å². The van der Waals surface area contributed by atoms with Crippen LogP contribution in [0.2, 0.25) is 5.02 Å². The third-order valence-electron chi connectivity index (χ3n) is 3.90. The summed E-state index contributed by atoms with van der Waals surface area (Å²) in [7, 11) is 0. The lowest BCUT2D eigenvalue weighted by atomic mass is 10.1. The molecular weight excluding hydrogens is 343 g/mol. The monoisotopic (exact) mass is 362 g/mol. The number of carbonyl (C=O) groups is 2. The van der Waals surface area contributed by atoms with Gasteiger partial charge in [-0.3, -0.25) is 9.59 Å². The van der Waals surface area contributed by atoms with Gasteiger partial charge in [0.15, 0.2) is 0 Å². The van der Waals surface area contributed by atoms with Gasteiger partial charge in [-0.25, -0.2) is 4.39 Å². The second kappa shape index (κ2) is 8.12. The molecule has 2 aromatic rings. The number of hydrogen-bond donors (Lipinski definition) is 1. The fourth-order valence-electron chi connectivity index (χ4n) is 2.33. The highest BCUT2D eigenvalue weighted by atomic mass is 35.5. The number of carbonyl (C=O) groups excluding carboxylic acids is 2. The maximum atomic E-state index is 13.7. The van der Waals surface area contributed by atoms with Crippen LogP contribution in [-0.2, 0) is 4.79 Å². The maximum absolute atomic E-state index is 13.7. The predicted octanol–water partition coefficient (Wildman–Crippen LogP) is 4.20. The molecular formula is C19H20ClFN2O2. The maximum Gasteiger partial charge on any atom is 0.254 e. The van der Waals surface area contributed by atoms with Gasteiger partial charge >= 0.3 is 0 Å². The van der Waals surface area contributed by atoms with Crippen molar-refractivity contribution in [3.05, 3.63) is 63.9 Å². The van der Waals surface area contributed by atoms with Crippen LogP contribution in [0.4, 0.5) is 10.1 Å². The fraction of sp³-hybridized carbons (Fsp3) is 0.263. The zero-order valence-corrected chi connectivity index (χ0v) is 15.2. The number of nitrogens with zero attached hydrogens (tertiary/aromatic N) is 1. The van der Waals surface area contributed by atoms with Crippen molar-refractivity contribution in [1.29, 1.82) is 0 Å². The highest BCUT2D eigenvalue weighted by Gasteiger charge is 2.18. The summed E-state index contributed by atoms with van der Waals surface area (Å²) in [5.41, 5.74) is 2.15. The summed E-state index contributed by atoms with van der Waals surface area (Å²) in [6.07, 6.45) is 0. The SMILES string of the molecule is CCN(CC(=O)Nc1cc(Cl)ccc1C)C(=O)c1ccc(C)c(F)c1. The smallest absolute Gasteiger partial charge is 0.254 e. The molecule has 0 bridgehead atoms. The standard InChI is InChI=1S/C19H20ClFN2O2/c1-4-23(19(25)14-7-5-12(2)16(21)9-14)11-18(24)22-17-10-15(20)8-6-13(17)3/h5-10H,4,11H2,1-3H3,(H,22,24). The quantitative estimate of drug-likeness (QED) is 0.866. The molecule has 0 radical (unpaired) electrons. The van der Waals surface area contributed by atoms with Crippen molar-refractivity contribution >= 4 is 29.1 Å². The molecule has 0 heterocycles. The minimum Gasteiger partial charge on any atom is -0.330 e. The Morgan fingerprint density at radius 1 is 1.12 bits per heavy atom. The third kappa shape index (κ3) is 4.79. The third-order valence-corrected chi connectivity index (χ3v) is 4.13. The first-order valence-corrected chi connectivity index (χ1v) is 8.31. The van der Waals surface area contributed by atoms with Crippen LogP contribution in [0.25, 0.3) is 0 Å². The summed E-state index contributed by atoms with van der Waals surface area (Å²) in [5, 5.41) is 3.26. The van der Waals surface area contributed by atoms with E-state index in [0.29, 0.717) is 22.8 Å². The molecule has 0 atom stereocenters. The van der Waals surface area contributed by atoms with E-state index in [0.717, 1.165) is 5.56 Å². The number of benzene rings is 2. The molecule has 0 spiro atoms. The highest BCUT2D eigenvalue weighted by molar-refractivity contribution is 6.31. The molecule has 0 aliphatic carbocycles. The van der Waals surface area contributed by atoms with E-state index >= 15 is 0 Å². The molecule has 0 fully saturated rings. The van der Waals surface area contributed by atoms with Crippen LogP contribution in [0, 0.1) is 19.7 Å². The lowest BCUT2D eigenvalue weighted by Gasteiger charge is -2.21. The van der Waals surface area contributed by atoms with Gasteiger partial charge in [0.05, 0.1) is 0 Å². The zero-order chi connectivity index (χ0) is 18.6. The number of hydrogen-bond acceptors (Lipinski definition) is 2. The summed E-state index contributed by atoms with van der Waals surface area (Å²) in [6, 6.07) is 9.49. The number of anilines is 1. The second-order valence-corrected chi connectivity index (χ2v) is 6.23. The Morgan fingerprint density at radius 3 is 2.44 bits per heavy atom. The van der Waals surface area contributed by atoms with Gasteiger partial charge in [-0.2, -0.15) is 0 Å². The topological polar surface area (TPSA) is 49.4 Å². The van der Waals surface area contributed by atoms with Crippen molar-refractivity contribution in [3.63, 3.8) is 0 Å². The lowest BCUT2D eigenvalue weighted by Crippen LogP contribution is -2.38. The summed E-state index contributed by atoms with van der Waals surface area (Å²) in [5.74, 6) is -1.17. The number of amides is 2. The van der Waals surface area contributed by atoms with Gasteiger partial charge < -0.3 is 10.2 Å². The number of rotatable bonds is 5. The predicted molar refractivity (Wildman–Crippen MR) is 97.5 cm³/mol. The number of aryl methyl sites for hydroxylation is 2. The van der Waals surface area contributed by atoms with E-state index in [9.17, 15) is 14.0 Å². The van der Waals surface area contributed by atoms with Crippen LogP contribution >= 0.6 is 11.6 Å². The summed E-state index contributed by atoms with van der Waals surface area (Å²) >= 11 is 5.94. The van der Waals surface area contributed by atoms with Crippen LogP contribution in [0.3, 0.4) is 0 Å². The molecule has 0 aliphatic rings. The van der Waals surface area contributed by atoms with Gasteiger partial charge in [0.25, 0.3) is 5.91 Å². The molecule has 2 amide bonds. The highest BCUT2D eigenvalue weighted by Crippen LogP contribution is 2.20. The number of likely N-dealkylation sites (N-methyl/N-ethyl adjacent to an activating group) is 1. The van der Waals surface area contributed by atoms with Crippen LogP contribution in [0.5, 0.6) is 0 Å². The molecule has 0 saturated carbocycles. The van der Waals surface area contributed by atoms with Crippen molar-refractivity contribution in [2.45, 2.75) is 20.8 Å². The summed E-state index contributed by atoms with van der Waals surface area (Å²) in [4.78, 5) is 26.1. The largest absolute Gasteiger partial charge is 0.330 e. The van der Waals surface area contributed by atoms with Gasteiger partial charge in [-0.15, -0.1) is 0 Å². The molecule has 0 aliphatic heterocycles. The van der Waals surface area contributed by atoms with Gasteiger partial charge in [0.1, 0.15) is 12.4 Å². The Kier molecular flexibility index (Phi) is 6.15. The van der Waals surface area contributed by atoms with Gasteiger partial charge in [0, 0.05) is 22.8 Å². The Morgan fingerprint density at radius 2 is 1.80 bits per heavy atom.